The number of carbonyl (C=O) groups is 1. The number of hydrogen-bond acceptors (Lipinski definition) is 4. The van der Waals surface area contributed by atoms with Crippen molar-refractivity contribution in [2.75, 3.05) is 5.32 Å². The van der Waals surface area contributed by atoms with E-state index in [9.17, 15) is 14.3 Å². The molecule has 0 unspecified atom stereocenters. The summed E-state index contributed by atoms with van der Waals surface area (Å²) in [5, 5.41) is 12.1. The first-order valence-corrected chi connectivity index (χ1v) is 6.51. The van der Waals surface area contributed by atoms with Gasteiger partial charge in [-0.15, -0.1) is 0 Å². The summed E-state index contributed by atoms with van der Waals surface area (Å²) in [7, 11) is 0. The van der Waals surface area contributed by atoms with Gasteiger partial charge in [0, 0.05) is 11.6 Å². The zero-order valence-electron chi connectivity index (χ0n) is 12.0. The molecule has 0 amide bonds. The maximum absolute atomic E-state index is 13.4. The van der Waals surface area contributed by atoms with E-state index in [1.807, 2.05) is 13.8 Å². The van der Waals surface area contributed by atoms with Crippen LogP contribution in [-0.2, 0) is 0 Å². The zero-order valence-corrected chi connectivity index (χ0v) is 12.0. The van der Waals surface area contributed by atoms with Gasteiger partial charge in [-0.05, 0) is 30.7 Å². The summed E-state index contributed by atoms with van der Waals surface area (Å²) < 4.78 is 13.4. The molecule has 21 heavy (non-hydrogen) atoms. The summed E-state index contributed by atoms with van der Waals surface area (Å²) in [6, 6.07) is 4.39. The molecule has 2 N–H and O–H groups in total. The smallest absolute Gasteiger partial charge is 0.356 e. The fourth-order valence-electron chi connectivity index (χ4n) is 1.89. The molecule has 6 heteroatoms. The van der Waals surface area contributed by atoms with Gasteiger partial charge in [0.05, 0.1) is 11.9 Å². The number of aromatic nitrogens is 2. The molecule has 1 aromatic heterocycles. The van der Waals surface area contributed by atoms with Crippen molar-refractivity contribution in [1.82, 2.24) is 9.97 Å². The average Bonchev–Trinajstić information content (AvgIpc) is 2.37. The van der Waals surface area contributed by atoms with E-state index in [1.54, 1.807) is 13.0 Å². The molecule has 0 aliphatic rings. The third kappa shape index (κ3) is 3.53. The van der Waals surface area contributed by atoms with Crippen LogP contribution in [0.25, 0.3) is 0 Å². The lowest BCUT2D eigenvalue weighted by Gasteiger charge is -2.11. The third-order valence-electron chi connectivity index (χ3n) is 2.85. The molecule has 0 spiro atoms. The van der Waals surface area contributed by atoms with Crippen LogP contribution in [0.3, 0.4) is 0 Å². The minimum atomic E-state index is -1.16. The van der Waals surface area contributed by atoms with Crippen molar-refractivity contribution < 1.29 is 14.3 Å². The molecule has 0 aliphatic carbocycles. The lowest BCUT2D eigenvalue weighted by molar-refractivity contribution is 0.0691. The fourth-order valence-corrected chi connectivity index (χ4v) is 1.89. The topological polar surface area (TPSA) is 75.1 Å². The Bertz CT molecular complexity index is 666. The molecule has 110 valence electrons. The van der Waals surface area contributed by atoms with Crippen LogP contribution in [0.15, 0.2) is 24.4 Å². The number of carboxylic acid groups (broad SMARTS) is 1. The molecule has 0 bridgehead atoms. The second-order valence-corrected chi connectivity index (χ2v) is 5.09. The summed E-state index contributed by atoms with van der Waals surface area (Å²) in [6.07, 6.45) is 1.41. The van der Waals surface area contributed by atoms with E-state index in [0.29, 0.717) is 11.5 Å². The van der Waals surface area contributed by atoms with Crippen LogP contribution < -0.4 is 5.32 Å². The Morgan fingerprint density at radius 2 is 2.05 bits per heavy atom. The van der Waals surface area contributed by atoms with E-state index in [4.69, 9.17) is 0 Å². The summed E-state index contributed by atoms with van der Waals surface area (Å²) >= 11 is 0. The monoisotopic (exact) mass is 289 g/mol. The molecule has 5 nitrogen and oxygen atoms in total. The number of rotatable bonds is 4. The second kappa shape index (κ2) is 5.87. The van der Waals surface area contributed by atoms with E-state index in [1.165, 1.54) is 18.3 Å². The minimum Gasteiger partial charge on any atom is -0.476 e. The van der Waals surface area contributed by atoms with Crippen LogP contribution in [0.1, 0.15) is 41.6 Å². The van der Waals surface area contributed by atoms with Gasteiger partial charge >= 0.3 is 5.97 Å². The molecule has 0 saturated carbocycles. The Hall–Kier alpha value is -2.50. The van der Waals surface area contributed by atoms with Gasteiger partial charge in [-0.25, -0.2) is 19.2 Å². The molecule has 0 radical (unpaired) electrons. The number of benzene rings is 1. The van der Waals surface area contributed by atoms with Gasteiger partial charge < -0.3 is 10.4 Å². The standard InChI is InChI=1S/C15H16FN3O2/c1-8(2)14-17-7-12(13(19-14)15(20)21)18-11-5-9(3)4-10(16)6-11/h4-8,18H,1-3H3,(H,20,21). The number of aromatic carboxylic acids is 1. The van der Waals surface area contributed by atoms with E-state index >= 15 is 0 Å². The average molecular weight is 289 g/mol. The number of halogens is 1. The highest BCUT2D eigenvalue weighted by atomic mass is 19.1. The Labute approximate surface area is 121 Å². The Morgan fingerprint density at radius 1 is 1.33 bits per heavy atom. The molecule has 0 fully saturated rings. The Balaban J connectivity index is 2.41. The van der Waals surface area contributed by atoms with Gasteiger partial charge in [-0.1, -0.05) is 13.8 Å². The van der Waals surface area contributed by atoms with Crippen molar-refractivity contribution in [2.45, 2.75) is 26.7 Å². The van der Waals surface area contributed by atoms with Crippen molar-refractivity contribution in [3.8, 4) is 0 Å². The van der Waals surface area contributed by atoms with Crippen LogP contribution in [-0.4, -0.2) is 21.0 Å². The molecule has 2 aromatic rings. The lowest BCUT2D eigenvalue weighted by Crippen LogP contribution is -2.10. The largest absolute Gasteiger partial charge is 0.476 e. The number of anilines is 2. The number of aryl methyl sites for hydroxylation is 1. The first-order valence-electron chi connectivity index (χ1n) is 6.51. The highest BCUT2D eigenvalue weighted by Gasteiger charge is 2.16. The van der Waals surface area contributed by atoms with Crippen molar-refractivity contribution in [2.24, 2.45) is 0 Å². The summed E-state index contributed by atoms with van der Waals surface area (Å²) in [5.74, 6) is -1.08. The van der Waals surface area contributed by atoms with E-state index < -0.39 is 11.8 Å². The van der Waals surface area contributed by atoms with Crippen LogP contribution in [0.2, 0.25) is 0 Å². The third-order valence-corrected chi connectivity index (χ3v) is 2.85. The molecule has 1 heterocycles. The van der Waals surface area contributed by atoms with Crippen molar-refractivity contribution >= 4 is 17.3 Å². The Morgan fingerprint density at radius 3 is 2.62 bits per heavy atom. The van der Waals surface area contributed by atoms with Crippen LogP contribution in [0.4, 0.5) is 15.8 Å². The highest BCUT2D eigenvalue weighted by molar-refractivity contribution is 5.92. The first-order chi connectivity index (χ1) is 9.86. The number of nitrogens with zero attached hydrogens (tertiary/aromatic N) is 2. The van der Waals surface area contributed by atoms with Gasteiger partial charge in [-0.3, -0.25) is 0 Å². The molecule has 0 aliphatic heterocycles. The quantitative estimate of drug-likeness (QED) is 0.901. The minimum absolute atomic E-state index is 0.0218. The molecule has 0 saturated heterocycles. The molecular weight excluding hydrogens is 273 g/mol. The number of carboxylic acids is 1. The van der Waals surface area contributed by atoms with Crippen molar-refractivity contribution in [1.29, 1.82) is 0 Å². The lowest BCUT2D eigenvalue weighted by atomic mass is 10.2. The normalized spacial score (nSPS) is 10.7. The maximum atomic E-state index is 13.4. The van der Waals surface area contributed by atoms with Gasteiger partial charge in [0.1, 0.15) is 11.6 Å². The SMILES string of the molecule is Cc1cc(F)cc(Nc2cnc(C(C)C)nc2C(=O)O)c1. The van der Waals surface area contributed by atoms with Gasteiger partial charge in [0.15, 0.2) is 5.69 Å². The first kappa shape index (κ1) is 14.9. The van der Waals surface area contributed by atoms with E-state index in [-0.39, 0.29) is 17.3 Å². The van der Waals surface area contributed by atoms with Gasteiger partial charge in [0.2, 0.25) is 0 Å². The maximum Gasteiger partial charge on any atom is 0.356 e. The predicted octanol–water partition coefficient (Wildman–Crippen LogP) is 3.49. The van der Waals surface area contributed by atoms with Crippen LogP contribution in [0, 0.1) is 12.7 Å². The molecule has 2 rings (SSSR count). The zero-order chi connectivity index (χ0) is 15.6. The van der Waals surface area contributed by atoms with Gasteiger partial charge in [0.25, 0.3) is 0 Å². The molecule has 1 aromatic carbocycles. The Kier molecular flexibility index (Phi) is 4.16. The van der Waals surface area contributed by atoms with Gasteiger partial charge in [-0.2, -0.15) is 0 Å². The van der Waals surface area contributed by atoms with Crippen molar-refractivity contribution in [3.05, 3.63) is 47.3 Å². The predicted molar refractivity (Wildman–Crippen MR) is 77.5 cm³/mol. The fraction of sp³-hybridized carbons (Fsp3) is 0.267. The number of hydrogen-bond donors (Lipinski definition) is 2. The van der Waals surface area contributed by atoms with Crippen LogP contribution in [0.5, 0.6) is 0 Å². The van der Waals surface area contributed by atoms with Crippen molar-refractivity contribution in [3.63, 3.8) is 0 Å². The number of nitrogens with one attached hydrogen (secondary N) is 1. The summed E-state index contributed by atoms with van der Waals surface area (Å²) in [4.78, 5) is 19.5. The van der Waals surface area contributed by atoms with Crippen LogP contribution >= 0.6 is 0 Å². The van der Waals surface area contributed by atoms with E-state index in [2.05, 4.69) is 15.3 Å². The second-order valence-electron chi connectivity index (χ2n) is 5.09. The molecular formula is C15H16FN3O2. The molecule has 0 atom stereocenters. The highest BCUT2D eigenvalue weighted by Crippen LogP contribution is 2.22. The van der Waals surface area contributed by atoms with E-state index in [0.717, 1.165) is 5.56 Å². The summed E-state index contributed by atoms with van der Waals surface area (Å²) in [5.41, 5.74) is 1.29. The summed E-state index contributed by atoms with van der Waals surface area (Å²) in [6.45, 7) is 5.51.